The molecule has 2 N–H and O–H groups in total. The fraction of sp³-hybridized carbons (Fsp3) is 0.400. The standard InChI is InChI=1S/C20H28N4/c1-5-21-20(24-14-19-16(3)7-6-12-22-19)23-13-17(4)18-10-8-15(2)9-11-18/h6-12,17H,5,13-14H2,1-4H3,(H2,21,23,24). The number of benzene rings is 1. The summed E-state index contributed by atoms with van der Waals surface area (Å²) in [6.07, 6.45) is 1.82. The minimum Gasteiger partial charge on any atom is -0.357 e. The summed E-state index contributed by atoms with van der Waals surface area (Å²) in [5.74, 6) is 1.26. The Morgan fingerprint density at radius 2 is 1.88 bits per heavy atom. The second-order valence-electron chi connectivity index (χ2n) is 6.15. The molecule has 0 saturated carbocycles. The van der Waals surface area contributed by atoms with E-state index in [1.165, 1.54) is 16.7 Å². The van der Waals surface area contributed by atoms with Crippen molar-refractivity contribution in [3.05, 3.63) is 65.0 Å². The molecular formula is C20H28N4. The van der Waals surface area contributed by atoms with Crippen molar-refractivity contribution < 1.29 is 0 Å². The van der Waals surface area contributed by atoms with E-state index in [2.05, 4.69) is 78.6 Å². The number of pyridine rings is 1. The third-order valence-corrected chi connectivity index (χ3v) is 4.07. The normalized spacial score (nSPS) is 12.8. The van der Waals surface area contributed by atoms with Gasteiger partial charge < -0.3 is 10.6 Å². The molecule has 0 aliphatic rings. The molecule has 1 aromatic carbocycles. The molecule has 4 nitrogen and oxygen atoms in total. The lowest BCUT2D eigenvalue weighted by atomic mass is 10.0. The highest BCUT2D eigenvalue weighted by molar-refractivity contribution is 5.79. The predicted molar refractivity (Wildman–Crippen MR) is 101 cm³/mol. The molecular weight excluding hydrogens is 296 g/mol. The first-order chi connectivity index (χ1) is 11.6. The minimum absolute atomic E-state index is 0.422. The second kappa shape index (κ2) is 9.06. The summed E-state index contributed by atoms with van der Waals surface area (Å²) in [7, 11) is 0. The van der Waals surface area contributed by atoms with Crippen LogP contribution < -0.4 is 10.6 Å². The summed E-state index contributed by atoms with van der Waals surface area (Å²) in [6.45, 7) is 10.7. The molecule has 0 saturated heterocycles. The molecule has 0 fully saturated rings. The number of aliphatic imine (C=N–C) groups is 1. The van der Waals surface area contributed by atoms with E-state index in [-0.39, 0.29) is 0 Å². The molecule has 1 aromatic heterocycles. The zero-order chi connectivity index (χ0) is 17.4. The molecule has 0 aliphatic carbocycles. The SMILES string of the molecule is CCNC(=NCc1ncccc1C)NCC(C)c1ccc(C)cc1. The number of nitrogens with one attached hydrogen (secondary N) is 2. The number of rotatable bonds is 6. The van der Waals surface area contributed by atoms with Crippen molar-refractivity contribution in [3.63, 3.8) is 0 Å². The van der Waals surface area contributed by atoms with Crippen LogP contribution in [0.1, 0.15) is 42.1 Å². The molecule has 0 bridgehead atoms. The highest BCUT2D eigenvalue weighted by Crippen LogP contribution is 2.14. The summed E-state index contributed by atoms with van der Waals surface area (Å²) >= 11 is 0. The lowest BCUT2D eigenvalue weighted by molar-refractivity contribution is 0.699. The monoisotopic (exact) mass is 324 g/mol. The van der Waals surface area contributed by atoms with Crippen LogP contribution in [0.2, 0.25) is 0 Å². The van der Waals surface area contributed by atoms with Gasteiger partial charge in [0.25, 0.3) is 0 Å². The zero-order valence-electron chi connectivity index (χ0n) is 15.1. The van der Waals surface area contributed by atoms with Crippen molar-refractivity contribution in [1.82, 2.24) is 15.6 Å². The smallest absolute Gasteiger partial charge is 0.191 e. The first kappa shape index (κ1) is 18.0. The van der Waals surface area contributed by atoms with Crippen molar-refractivity contribution in [2.24, 2.45) is 4.99 Å². The summed E-state index contributed by atoms with van der Waals surface area (Å²) in [5.41, 5.74) is 4.82. The molecule has 2 rings (SSSR count). The summed E-state index contributed by atoms with van der Waals surface area (Å²) in [6, 6.07) is 12.7. The maximum absolute atomic E-state index is 4.66. The fourth-order valence-corrected chi connectivity index (χ4v) is 2.44. The molecule has 24 heavy (non-hydrogen) atoms. The number of aromatic nitrogens is 1. The summed E-state index contributed by atoms with van der Waals surface area (Å²) in [5, 5.41) is 6.73. The molecule has 4 heteroatoms. The molecule has 128 valence electrons. The van der Waals surface area contributed by atoms with Crippen LogP contribution in [-0.4, -0.2) is 24.0 Å². The van der Waals surface area contributed by atoms with Gasteiger partial charge in [-0.2, -0.15) is 0 Å². The van der Waals surface area contributed by atoms with Crippen LogP contribution in [0.4, 0.5) is 0 Å². The Labute approximate surface area is 145 Å². The Morgan fingerprint density at radius 1 is 1.12 bits per heavy atom. The molecule has 1 unspecified atom stereocenters. The van der Waals surface area contributed by atoms with E-state index >= 15 is 0 Å². The molecule has 1 heterocycles. The van der Waals surface area contributed by atoms with Crippen LogP contribution in [0.5, 0.6) is 0 Å². The first-order valence-electron chi connectivity index (χ1n) is 8.59. The van der Waals surface area contributed by atoms with Crippen molar-refractivity contribution in [2.75, 3.05) is 13.1 Å². The van der Waals surface area contributed by atoms with Gasteiger partial charge in [-0.05, 0) is 43.9 Å². The maximum atomic E-state index is 4.66. The van der Waals surface area contributed by atoms with Gasteiger partial charge in [-0.25, -0.2) is 4.99 Å². The highest BCUT2D eigenvalue weighted by Gasteiger charge is 2.07. The van der Waals surface area contributed by atoms with Gasteiger partial charge in [0.05, 0.1) is 12.2 Å². The first-order valence-corrected chi connectivity index (χ1v) is 8.59. The van der Waals surface area contributed by atoms with Gasteiger partial charge >= 0.3 is 0 Å². The number of hydrogen-bond donors (Lipinski definition) is 2. The number of guanidine groups is 1. The van der Waals surface area contributed by atoms with Gasteiger partial charge in [0.1, 0.15) is 0 Å². The van der Waals surface area contributed by atoms with Crippen molar-refractivity contribution in [3.8, 4) is 0 Å². The molecule has 0 amide bonds. The third-order valence-electron chi connectivity index (χ3n) is 4.07. The van der Waals surface area contributed by atoms with Gasteiger partial charge in [0.15, 0.2) is 5.96 Å². The van der Waals surface area contributed by atoms with E-state index in [1.807, 2.05) is 12.3 Å². The fourth-order valence-electron chi connectivity index (χ4n) is 2.44. The Kier molecular flexibility index (Phi) is 6.79. The van der Waals surface area contributed by atoms with E-state index in [4.69, 9.17) is 0 Å². The maximum Gasteiger partial charge on any atom is 0.191 e. The zero-order valence-corrected chi connectivity index (χ0v) is 15.1. The molecule has 0 radical (unpaired) electrons. The quantitative estimate of drug-likeness (QED) is 0.631. The summed E-state index contributed by atoms with van der Waals surface area (Å²) in [4.78, 5) is 9.05. The van der Waals surface area contributed by atoms with Gasteiger partial charge in [0.2, 0.25) is 0 Å². The van der Waals surface area contributed by atoms with E-state index in [0.717, 1.165) is 24.7 Å². The second-order valence-corrected chi connectivity index (χ2v) is 6.15. The third kappa shape index (κ3) is 5.37. The van der Waals surface area contributed by atoms with Crippen LogP contribution in [0.3, 0.4) is 0 Å². The minimum atomic E-state index is 0.422. The average molecular weight is 324 g/mol. The van der Waals surface area contributed by atoms with E-state index in [0.29, 0.717) is 12.5 Å². The van der Waals surface area contributed by atoms with Gasteiger partial charge in [-0.1, -0.05) is 42.8 Å². The number of nitrogens with zero attached hydrogens (tertiary/aromatic N) is 2. The molecule has 1 atom stereocenters. The van der Waals surface area contributed by atoms with Gasteiger partial charge in [-0.3, -0.25) is 4.98 Å². The van der Waals surface area contributed by atoms with Crippen molar-refractivity contribution in [1.29, 1.82) is 0 Å². The highest BCUT2D eigenvalue weighted by atomic mass is 15.2. The Bertz CT molecular complexity index is 662. The predicted octanol–water partition coefficient (Wildman–Crippen LogP) is 3.56. The van der Waals surface area contributed by atoms with E-state index < -0.39 is 0 Å². The number of hydrogen-bond acceptors (Lipinski definition) is 2. The number of aryl methyl sites for hydroxylation is 2. The van der Waals surface area contributed by atoms with Crippen LogP contribution >= 0.6 is 0 Å². The molecule has 0 aliphatic heterocycles. The van der Waals surface area contributed by atoms with Crippen molar-refractivity contribution in [2.45, 2.75) is 40.2 Å². The van der Waals surface area contributed by atoms with Crippen LogP contribution in [0.15, 0.2) is 47.6 Å². The molecule has 0 spiro atoms. The Morgan fingerprint density at radius 3 is 2.54 bits per heavy atom. The average Bonchev–Trinajstić information content (AvgIpc) is 2.59. The lowest BCUT2D eigenvalue weighted by Crippen LogP contribution is -2.39. The van der Waals surface area contributed by atoms with Crippen LogP contribution in [-0.2, 0) is 6.54 Å². The van der Waals surface area contributed by atoms with E-state index in [1.54, 1.807) is 0 Å². The van der Waals surface area contributed by atoms with Gasteiger partial charge in [-0.15, -0.1) is 0 Å². The largest absolute Gasteiger partial charge is 0.357 e. The topological polar surface area (TPSA) is 49.3 Å². The van der Waals surface area contributed by atoms with Crippen LogP contribution in [0.25, 0.3) is 0 Å². The lowest BCUT2D eigenvalue weighted by Gasteiger charge is -2.16. The summed E-state index contributed by atoms with van der Waals surface area (Å²) < 4.78 is 0. The Balaban J connectivity index is 1.96. The van der Waals surface area contributed by atoms with Crippen LogP contribution in [0, 0.1) is 13.8 Å². The molecule has 2 aromatic rings. The Hall–Kier alpha value is -2.36. The van der Waals surface area contributed by atoms with Gasteiger partial charge in [0, 0.05) is 19.3 Å². The van der Waals surface area contributed by atoms with E-state index in [9.17, 15) is 0 Å². The van der Waals surface area contributed by atoms with Crippen molar-refractivity contribution >= 4 is 5.96 Å².